The Kier molecular flexibility index (Phi) is 5.60. The van der Waals surface area contributed by atoms with E-state index in [9.17, 15) is 0 Å². The normalized spacial score (nSPS) is 18.7. The molecule has 208 valence electrons. The predicted molar refractivity (Wildman–Crippen MR) is 182 cm³/mol. The van der Waals surface area contributed by atoms with Gasteiger partial charge in [0.1, 0.15) is 5.58 Å². The number of aliphatic imine (C=N–C) groups is 2. The number of rotatable bonds is 3. The van der Waals surface area contributed by atoms with Crippen LogP contribution in [0.25, 0.3) is 49.4 Å². The molecule has 1 aliphatic heterocycles. The second-order valence-electron chi connectivity index (χ2n) is 11.3. The van der Waals surface area contributed by atoms with Crippen LogP contribution in [0.2, 0.25) is 0 Å². The van der Waals surface area contributed by atoms with Crippen LogP contribution in [0.5, 0.6) is 0 Å². The van der Waals surface area contributed by atoms with Crippen LogP contribution in [0, 0.1) is 5.92 Å². The molecule has 44 heavy (non-hydrogen) atoms. The molecule has 5 aromatic carbocycles. The second kappa shape index (κ2) is 9.92. The molecule has 0 saturated carbocycles. The first-order valence-electron chi connectivity index (χ1n) is 15.0. The molecule has 4 heteroatoms. The molecule has 2 aliphatic rings. The molecule has 3 heterocycles. The van der Waals surface area contributed by atoms with E-state index < -0.39 is 0 Å². The summed E-state index contributed by atoms with van der Waals surface area (Å²) in [7, 11) is 0. The molecule has 0 spiro atoms. The molecular weight excluding hydrogens is 538 g/mol. The SMILES string of the molecule is C1=CC2/C=C/C(c3ccccc3)=NC(c3cccc4oc5c(-n6c7ccccc7c7ccccc76)cccc5c34)=NC2C=C1. The highest BCUT2D eigenvalue weighted by atomic mass is 16.3. The smallest absolute Gasteiger partial charge is 0.159 e. The Morgan fingerprint density at radius 2 is 1.32 bits per heavy atom. The van der Waals surface area contributed by atoms with Crippen molar-refractivity contribution in [1.29, 1.82) is 0 Å². The fourth-order valence-electron chi connectivity index (χ4n) is 6.72. The molecule has 0 N–H and O–H groups in total. The molecule has 7 aromatic rings. The Hall–Kier alpha value is -5.74. The van der Waals surface area contributed by atoms with E-state index in [1.807, 2.05) is 30.3 Å². The molecule has 0 radical (unpaired) electrons. The van der Waals surface area contributed by atoms with Crippen molar-refractivity contribution >= 4 is 55.3 Å². The lowest BCUT2D eigenvalue weighted by Crippen LogP contribution is -2.20. The number of aromatic nitrogens is 1. The van der Waals surface area contributed by atoms with Gasteiger partial charge < -0.3 is 8.98 Å². The van der Waals surface area contributed by atoms with Gasteiger partial charge in [-0.05, 0) is 30.3 Å². The van der Waals surface area contributed by atoms with Gasteiger partial charge in [-0.15, -0.1) is 0 Å². The Morgan fingerprint density at radius 1 is 0.614 bits per heavy atom. The Morgan fingerprint density at radius 3 is 2.14 bits per heavy atom. The third kappa shape index (κ3) is 3.85. The molecule has 2 aromatic heterocycles. The predicted octanol–water partition coefficient (Wildman–Crippen LogP) is 9.60. The van der Waals surface area contributed by atoms with Gasteiger partial charge in [0.15, 0.2) is 11.4 Å². The Balaban J connectivity index is 1.31. The highest BCUT2D eigenvalue weighted by Gasteiger charge is 2.23. The Bertz CT molecular complexity index is 2340. The lowest BCUT2D eigenvalue weighted by molar-refractivity contribution is 0.666. The monoisotopic (exact) mass is 565 g/mol. The van der Waals surface area contributed by atoms with E-state index >= 15 is 0 Å². The van der Waals surface area contributed by atoms with Gasteiger partial charge in [-0.25, -0.2) is 4.99 Å². The molecule has 0 saturated heterocycles. The van der Waals surface area contributed by atoms with Crippen molar-refractivity contribution in [3.63, 3.8) is 0 Å². The van der Waals surface area contributed by atoms with E-state index in [-0.39, 0.29) is 12.0 Å². The fraction of sp³-hybridized carbons (Fsp3) is 0.0500. The summed E-state index contributed by atoms with van der Waals surface area (Å²) in [5, 5.41) is 4.51. The van der Waals surface area contributed by atoms with Crippen molar-refractivity contribution in [3.8, 4) is 5.69 Å². The minimum atomic E-state index is -0.0334. The van der Waals surface area contributed by atoms with Crippen LogP contribution in [0.15, 0.2) is 166 Å². The maximum atomic E-state index is 6.75. The van der Waals surface area contributed by atoms with Gasteiger partial charge in [-0.2, -0.15) is 0 Å². The number of para-hydroxylation sites is 3. The van der Waals surface area contributed by atoms with Crippen LogP contribution in [0.4, 0.5) is 0 Å². The molecule has 2 unspecified atom stereocenters. The molecule has 0 bridgehead atoms. The van der Waals surface area contributed by atoms with Gasteiger partial charge in [0.25, 0.3) is 0 Å². The number of allylic oxidation sites excluding steroid dienone is 3. The highest BCUT2D eigenvalue weighted by molar-refractivity contribution is 6.24. The fourth-order valence-corrected chi connectivity index (χ4v) is 6.72. The van der Waals surface area contributed by atoms with Crippen LogP contribution in [0.1, 0.15) is 11.1 Å². The Labute approximate surface area is 254 Å². The first-order valence-corrected chi connectivity index (χ1v) is 15.0. The lowest BCUT2D eigenvalue weighted by atomic mass is 9.93. The van der Waals surface area contributed by atoms with Crippen molar-refractivity contribution < 1.29 is 4.42 Å². The van der Waals surface area contributed by atoms with E-state index in [0.717, 1.165) is 55.5 Å². The van der Waals surface area contributed by atoms with E-state index in [1.165, 1.54) is 10.8 Å². The summed E-state index contributed by atoms with van der Waals surface area (Å²) >= 11 is 0. The molecular formula is C40H27N3O. The topological polar surface area (TPSA) is 42.8 Å². The second-order valence-corrected chi connectivity index (χ2v) is 11.3. The molecule has 4 nitrogen and oxygen atoms in total. The summed E-state index contributed by atoms with van der Waals surface area (Å²) < 4.78 is 9.07. The molecule has 2 atom stereocenters. The van der Waals surface area contributed by atoms with E-state index in [4.69, 9.17) is 14.4 Å². The third-order valence-corrected chi connectivity index (χ3v) is 8.75. The number of furan rings is 1. The molecule has 1 aliphatic carbocycles. The highest BCUT2D eigenvalue weighted by Crippen LogP contribution is 2.39. The summed E-state index contributed by atoms with van der Waals surface area (Å²) in [5.41, 5.74) is 7.89. The molecule has 0 amide bonds. The van der Waals surface area contributed by atoms with Gasteiger partial charge in [0.2, 0.25) is 0 Å². The maximum Gasteiger partial charge on any atom is 0.159 e. The summed E-state index contributed by atoms with van der Waals surface area (Å²) in [6, 6.07) is 40.1. The van der Waals surface area contributed by atoms with Crippen LogP contribution in [0.3, 0.4) is 0 Å². The summed E-state index contributed by atoms with van der Waals surface area (Å²) in [4.78, 5) is 10.5. The van der Waals surface area contributed by atoms with Crippen LogP contribution in [-0.2, 0) is 0 Å². The van der Waals surface area contributed by atoms with Crippen LogP contribution >= 0.6 is 0 Å². The van der Waals surface area contributed by atoms with E-state index in [2.05, 4.69) is 126 Å². The average Bonchev–Trinajstić information content (AvgIpc) is 3.62. The number of hydrogen-bond acceptors (Lipinski definition) is 3. The van der Waals surface area contributed by atoms with Crippen molar-refractivity contribution in [2.45, 2.75) is 6.04 Å². The van der Waals surface area contributed by atoms with Crippen molar-refractivity contribution in [2.75, 3.05) is 0 Å². The van der Waals surface area contributed by atoms with Crippen molar-refractivity contribution in [2.24, 2.45) is 15.9 Å². The van der Waals surface area contributed by atoms with Gasteiger partial charge >= 0.3 is 0 Å². The third-order valence-electron chi connectivity index (χ3n) is 8.75. The minimum absolute atomic E-state index is 0.0334. The minimum Gasteiger partial charge on any atom is -0.454 e. The van der Waals surface area contributed by atoms with Crippen molar-refractivity contribution in [3.05, 3.63) is 163 Å². The van der Waals surface area contributed by atoms with E-state index in [1.54, 1.807) is 0 Å². The molecule has 0 fully saturated rings. The van der Waals surface area contributed by atoms with Gasteiger partial charge in [-0.3, -0.25) is 4.99 Å². The number of hydrogen-bond donors (Lipinski definition) is 0. The number of nitrogens with zero attached hydrogens (tertiary/aromatic N) is 3. The number of benzene rings is 5. The molecule has 9 rings (SSSR count). The zero-order chi connectivity index (χ0) is 29.0. The zero-order valence-electron chi connectivity index (χ0n) is 23.8. The van der Waals surface area contributed by atoms with Crippen LogP contribution < -0.4 is 0 Å². The van der Waals surface area contributed by atoms with Crippen LogP contribution in [-0.4, -0.2) is 22.2 Å². The number of amidine groups is 1. The van der Waals surface area contributed by atoms with Crippen molar-refractivity contribution in [1.82, 2.24) is 4.57 Å². The standard InChI is InChI=1S/C40H27N3O/c1-2-12-26(13-3-1)33-25-24-27-14-4-7-19-32(27)41-40(42-33)31-18-11-23-37-38(31)30-17-10-22-36(39(30)44-37)43-34-20-8-5-15-28(34)29-16-6-9-21-35(29)43/h1-25,27,32H/b25-24+,41-40?,42-33?. The first-order chi connectivity index (χ1) is 21.8. The van der Waals surface area contributed by atoms with Gasteiger partial charge in [0.05, 0.1) is 28.5 Å². The lowest BCUT2D eigenvalue weighted by Gasteiger charge is -2.21. The number of fused-ring (bicyclic) bond motifs is 7. The summed E-state index contributed by atoms with van der Waals surface area (Å²) in [5.74, 6) is 0.866. The zero-order valence-corrected chi connectivity index (χ0v) is 23.8. The van der Waals surface area contributed by atoms with Gasteiger partial charge in [-0.1, -0.05) is 121 Å². The van der Waals surface area contributed by atoms with Gasteiger partial charge in [0, 0.05) is 38.6 Å². The quantitative estimate of drug-likeness (QED) is 0.210. The largest absolute Gasteiger partial charge is 0.454 e. The average molecular weight is 566 g/mol. The van der Waals surface area contributed by atoms with E-state index in [0.29, 0.717) is 5.84 Å². The maximum absolute atomic E-state index is 6.75. The summed E-state index contributed by atoms with van der Waals surface area (Å²) in [6.07, 6.45) is 12.9. The first kappa shape index (κ1) is 24.8. The summed E-state index contributed by atoms with van der Waals surface area (Å²) in [6.45, 7) is 0.